The monoisotopic (exact) mass is 229 g/mol. The van der Waals surface area contributed by atoms with E-state index in [0.29, 0.717) is 11.3 Å². The van der Waals surface area contributed by atoms with Gasteiger partial charge in [-0.3, -0.25) is 0 Å². The molecule has 92 valence electrons. The van der Waals surface area contributed by atoms with E-state index in [1.165, 1.54) is 44.1 Å². The summed E-state index contributed by atoms with van der Waals surface area (Å²) in [4.78, 5) is 0. The van der Waals surface area contributed by atoms with Gasteiger partial charge >= 0.3 is 0 Å². The summed E-state index contributed by atoms with van der Waals surface area (Å²) in [6.45, 7) is 3.01. The lowest BCUT2D eigenvalue weighted by Gasteiger charge is -2.35. The van der Waals surface area contributed by atoms with Gasteiger partial charge in [-0.05, 0) is 55.2 Å². The molecule has 0 bridgehead atoms. The second-order valence-electron chi connectivity index (χ2n) is 6.07. The largest absolute Gasteiger partial charge is 0.330 e. The van der Waals surface area contributed by atoms with Crippen LogP contribution in [0, 0.1) is 6.92 Å². The molecule has 1 aromatic carbocycles. The fourth-order valence-corrected chi connectivity index (χ4v) is 4.11. The Morgan fingerprint density at radius 2 is 2.00 bits per heavy atom. The van der Waals surface area contributed by atoms with Crippen LogP contribution in [0.15, 0.2) is 18.2 Å². The summed E-state index contributed by atoms with van der Waals surface area (Å²) in [5.74, 6) is 0.614. The van der Waals surface area contributed by atoms with Gasteiger partial charge in [0, 0.05) is 0 Å². The van der Waals surface area contributed by atoms with Crippen LogP contribution in [0.3, 0.4) is 0 Å². The molecule has 1 heteroatoms. The molecule has 0 heterocycles. The van der Waals surface area contributed by atoms with E-state index in [2.05, 4.69) is 25.1 Å². The van der Waals surface area contributed by atoms with E-state index in [4.69, 9.17) is 5.73 Å². The molecule has 1 saturated carbocycles. The molecule has 2 aliphatic carbocycles. The fourth-order valence-electron chi connectivity index (χ4n) is 4.11. The normalized spacial score (nSPS) is 26.1. The van der Waals surface area contributed by atoms with E-state index in [-0.39, 0.29) is 0 Å². The van der Waals surface area contributed by atoms with E-state index in [9.17, 15) is 0 Å². The molecule has 0 amide bonds. The number of hydrogen-bond acceptors (Lipinski definition) is 1. The van der Waals surface area contributed by atoms with E-state index in [0.717, 1.165) is 6.54 Å². The average Bonchev–Trinajstić information content (AvgIpc) is 2.64. The molecule has 17 heavy (non-hydrogen) atoms. The molecule has 1 fully saturated rings. The van der Waals surface area contributed by atoms with Crippen molar-refractivity contribution in [1.82, 2.24) is 0 Å². The van der Waals surface area contributed by atoms with Crippen LogP contribution in [0.2, 0.25) is 0 Å². The molecule has 0 aliphatic heterocycles. The van der Waals surface area contributed by atoms with Crippen molar-refractivity contribution in [3.8, 4) is 0 Å². The third-order valence-corrected chi connectivity index (χ3v) is 4.95. The van der Waals surface area contributed by atoms with Crippen LogP contribution >= 0.6 is 0 Å². The first-order valence-electron chi connectivity index (χ1n) is 7.06. The summed E-state index contributed by atoms with van der Waals surface area (Å²) >= 11 is 0. The first kappa shape index (κ1) is 11.3. The lowest BCUT2D eigenvalue weighted by Crippen LogP contribution is -2.26. The van der Waals surface area contributed by atoms with Crippen LogP contribution in [0.1, 0.15) is 61.1 Å². The Balaban J connectivity index is 2.06. The predicted octanol–water partition coefficient (Wildman–Crippen LogP) is 3.64. The molecule has 1 atom stereocenters. The van der Waals surface area contributed by atoms with Crippen LogP contribution in [0.4, 0.5) is 0 Å². The van der Waals surface area contributed by atoms with Crippen molar-refractivity contribution in [1.29, 1.82) is 0 Å². The Bertz CT molecular complexity index is 416. The van der Waals surface area contributed by atoms with Crippen molar-refractivity contribution in [3.05, 3.63) is 34.9 Å². The van der Waals surface area contributed by atoms with Gasteiger partial charge < -0.3 is 5.73 Å². The minimum atomic E-state index is 0.491. The second-order valence-corrected chi connectivity index (χ2v) is 6.07. The van der Waals surface area contributed by atoms with Gasteiger partial charge in [-0.25, -0.2) is 0 Å². The number of benzene rings is 1. The number of hydrogen-bond donors (Lipinski definition) is 1. The Morgan fingerprint density at radius 1 is 1.24 bits per heavy atom. The Hall–Kier alpha value is -0.820. The Morgan fingerprint density at radius 3 is 2.71 bits per heavy atom. The lowest BCUT2D eigenvalue weighted by molar-refractivity contribution is 0.280. The first-order chi connectivity index (χ1) is 8.25. The fraction of sp³-hybridized carbons (Fsp3) is 0.625. The van der Waals surface area contributed by atoms with Crippen LogP contribution in [0.25, 0.3) is 0 Å². The molecule has 1 unspecified atom stereocenters. The molecule has 2 N–H and O–H groups in total. The SMILES string of the molecule is Cc1ccc2c(c1)C(CN)CC21CCCCC1. The lowest BCUT2D eigenvalue weighted by atomic mass is 9.70. The molecule has 0 radical (unpaired) electrons. The highest BCUT2D eigenvalue weighted by Gasteiger charge is 2.43. The number of nitrogens with two attached hydrogens (primary N) is 1. The van der Waals surface area contributed by atoms with Gasteiger partial charge in [0.1, 0.15) is 0 Å². The standard InChI is InChI=1S/C16H23N/c1-12-5-6-15-14(9-12)13(11-17)10-16(15)7-3-2-4-8-16/h5-6,9,13H,2-4,7-8,10-11,17H2,1H3. The number of fused-ring (bicyclic) bond motifs is 2. The molecule has 1 nitrogen and oxygen atoms in total. The van der Waals surface area contributed by atoms with Crippen molar-refractivity contribution in [2.75, 3.05) is 6.54 Å². The minimum absolute atomic E-state index is 0.491. The van der Waals surface area contributed by atoms with Crippen LogP contribution in [0.5, 0.6) is 0 Å². The van der Waals surface area contributed by atoms with Gasteiger partial charge in [-0.2, -0.15) is 0 Å². The molecule has 3 rings (SSSR count). The number of rotatable bonds is 1. The minimum Gasteiger partial charge on any atom is -0.330 e. The molecule has 2 aliphatic rings. The molecular formula is C16H23N. The van der Waals surface area contributed by atoms with Gasteiger partial charge in [0.25, 0.3) is 0 Å². The predicted molar refractivity (Wildman–Crippen MR) is 72.4 cm³/mol. The molecule has 1 aromatic rings. The summed E-state index contributed by atoms with van der Waals surface area (Å²) in [6, 6.07) is 7.07. The highest BCUT2D eigenvalue weighted by molar-refractivity contribution is 5.45. The quantitative estimate of drug-likeness (QED) is 0.781. The maximum absolute atomic E-state index is 5.99. The maximum atomic E-state index is 5.99. The third-order valence-electron chi connectivity index (χ3n) is 4.95. The zero-order valence-corrected chi connectivity index (χ0v) is 10.8. The first-order valence-corrected chi connectivity index (χ1v) is 7.06. The summed E-state index contributed by atoms with van der Waals surface area (Å²) in [7, 11) is 0. The van der Waals surface area contributed by atoms with E-state index in [1.54, 1.807) is 11.1 Å². The second kappa shape index (κ2) is 4.13. The zero-order valence-electron chi connectivity index (χ0n) is 10.8. The summed E-state index contributed by atoms with van der Waals surface area (Å²) in [5, 5.41) is 0. The van der Waals surface area contributed by atoms with Crippen LogP contribution < -0.4 is 5.73 Å². The average molecular weight is 229 g/mol. The Kier molecular flexibility index (Phi) is 2.74. The molecule has 0 saturated heterocycles. The summed E-state index contributed by atoms with van der Waals surface area (Å²) in [6.07, 6.45) is 8.33. The highest BCUT2D eigenvalue weighted by atomic mass is 14.6. The van der Waals surface area contributed by atoms with Crippen molar-refractivity contribution in [3.63, 3.8) is 0 Å². The zero-order chi connectivity index (χ0) is 11.9. The van der Waals surface area contributed by atoms with Gasteiger partial charge in [0.15, 0.2) is 0 Å². The van der Waals surface area contributed by atoms with Gasteiger partial charge in [-0.15, -0.1) is 0 Å². The number of aryl methyl sites for hydroxylation is 1. The maximum Gasteiger partial charge on any atom is -0.000780 e. The van der Waals surface area contributed by atoms with E-state index < -0.39 is 0 Å². The van der Waals surface area contributed by atoms with Gasteiger partial charge in [0.05, 0.1) is 0 Å². The third kappa shape index (κ3) is 1.72. The molecule has 0 aromatic heterocycles. The molecule has 1 spiro atoms. The van der Waals surface area contributed by atoms with Crippen molar-refractivity contribution < 1.29 is 0 Å². The highest BCUT2D eigenvalue weighted by Crippen LogP contribution is 2.53. The van der Waals surface area contributed by atoms with Gasteiger partial charge in [-0.1, -0.05) is 43.0 Å². The molecular weight excluding hydrogens is 206 g/mol. The summed E-state index contributed by atoms with van der Waals surface area (Å²) < 4.78 is 0. The van der Waals surface area contributed by atoms with Crippen molar-refractivity contribution >= 4 is 0 Å². The topological polar surface area (TPSA) is 26.0 Å². The van der Waals surface area contributed by atoms with Crippen molar-refractivity contribution in [2.24, 2.45) is 5.73 Å². The van der Waals surface area contributed by atoms with Gasteiger partial charge in [0.2, 0.25) is 0 Å². The smallest absolute Gasteiger partial charge is 0.000780 e. The van der Waals surface area contributed by atoms with E-state index >= 15 is 0 Å². The van der Waals surface area contributed by atoms with E-state index in [1.807, 2.05) is 0 Å². The Labute approximate surface area is 104 Å². The summed E-state index contributed by atoms with van der Waals surface area (Å²) in [5.41, 5.74) is 11.1. The van der Waals surface area contributed by atoms with Crippen LogP contribution in [-0.4, -0.2) is 6.54 Å². The van der Waals surface area contributed by atoms with Crippen molar-refractivity contribution in [2.45, 2.75) is 56.8 Å². The van der Waals surface area contributed by atoms with Crippen LogP contribution in [-0.2, 0) is 5.41 Å².